The van der Waals surface area contributed by atoms with Gasteiger partial charge in [0, 0.05) is 62.1 Å². The van der Waals surface area contributed by atoms with Gasteiger partial charge < -0.3 is 30.9 Å². The van der Waals surface area contributed by atoms with E-state index in [1.165, 1.54) is 11.0 Å². The normalized spacial score (nSPS) is 16.4. The largest absolute Gasteiger partial charge is 0.392 e. The summed E-state index contributed by atoms with van der Waals surface area (Å²) < 4.78 is 15.3. The second-order valence-corrected chi connectivity index (χ2v) is 12.0. The molecule has 1 saturated carbocycles. The lowest BCUT2D eigenvalue weighted by molar-refractivity contribution is -0.129. The van der Waals surface area contributed by atoms with Gasteiger partial charge in [0.05, 0.1) is 17.9 Å². The lowest BCUT2D eigenvalue weighted by Crippen LogP contribution is -2.48. The summed E-state index contributed by atoms with van der Waals surface area (Å²) in [5.74, 6) is -0.0235. The highest BCUT2D eigenvalue weighted by Gasteiger charge is 2.33. The molecule has 1 aliphatic carbocycles. The summed E-state index contributed by atoms with van der Waals surface area (Å²) in [7, 11) is 0. The van der Waals surface area contributed by atoms with Crippen molar-refractivity contribution in [2.45, 2.75) is 38.7 Å². The first-order valence-electron chi connectivity index (χ1n) is 15.6. The van der Waals surface area contributed by atoms with Gasteiger partial charge in [-0.15, -0.1) is 0 Å². The van der Waals surface area contributed by atoms with E-state index < -0.39 is 18.3 Å². The van der Waals surface area contributed by atoms with Gasteiger partial charge >= 0.3 is 0 Å². The summed E-state index contributed by atoms with van der Waals surface area (Å²) in [6.07, 6.45) is 2.61. The summed E-state index contributed by atoms with van der Waals surface area (Å²) in [5.41, 5.74) is 11.1. The average molecular weight is 623 g/mol. The molecule has 0 spiro atoms. The Morgan fingerprint density at radius 1 is 1.02 bits per heavy atom. The maximum atomic E-state index is 15.3. The van der Waals surface area contributed by atoms with Crippen LogP contribution < -0.4 is 20.9 Å². The quantitative estimate of drug-likeness (QED) is 0.276. The fourth-order valence-corrected chi connectivity index (χ4v) is 6.41. The van der Waals surface area contributed by atoms with Crippen LogP contribution in [-0.2, 0) is 17.8 Å². The minimum atomic E-state index is -0.500. The number of carbonyl (C=O) groups is 2. The van der Waals surface area contributed by atoms with E-state index in [9.17, 15) is 14.7 Å². The first-order valence-corrected chi connectivity index (χ1v) is 15.6. The van der Waals surface area contributed by atoms with E-state index in [1.54, 1.807) is 25.1 Å². The molecule has 4 N–H and O–H groups in total. The van der Waals surface area contributed by atoms with Crippen molar-refractivity contribution in [1.29, 1.82) is 0 Å². The molecular formula is C34H35FN8O3. The van der Waals surface area contributed by atoms with Gasteiger partial charge in [-0.25, -0.2) is 4.39 Å². The van der Waals surface area contributed by atoms with E-state index in [-0.39, 0.29) is 29.2 Å². The van der Waals surface area contributed by atoms with E-state index in [1.807, 2.05) is 35.2 Å². The zero-order valence-electron chi connectivity index (χ0n) is 25.5. The molecule has 2 amide bonds. The van der Waals surface area contributed by atoms with Crippen LogP contribution >= 0.6 is 0 Å². The van der Waals surface area contributed by atoms with Crippen LogP contribution in [0.15, 0.2) is 54.6 Å². The summed E-state index contributed by atoms with van der Waals surface area (Å²) in [6, 6.07) is 16.5. The highest BCUT2D eigenvalue weighted by molar-refractivity contribution is 6.09. The van der Waals surface area contributed by atoms with Crippen LogP contribution in [-0.4, -0.2) is 69.5 Å². The van der Waals surface area contributed by atoms with Crippen molar-refractivity contribution >= 4 is 40.8 Å². The smallest absolute Gasteiger partial charge is 0.261 e. The number of rotatable bonds is 7. The number of hydrogen-bond donors (Lipinski definition) is 3. The molecule has 0 radical (unpaired) electrons. The number of anilines is 5. The lowest BCUT2D eigenvalue weighted by atomic mass is 9.93. The van der Waals surface area contributed by atoms with Crippen molar-refractivity contribution in [1.82, 2.24) is 19.9 Å². The molecular weight excluding hydrogens is 587 g/mol. The third-order valence-electron chi connectivity index (χ3n) is 9.01. The van der Waals surface area contributed by atoms with Crippen LogP contribution in [0.2, 0.25) is 0 Å². The molecule has 236 valence electrons. The fourth-order valence-electron chi connectivity index (χ4n) is 6.41. The van der Waals surface area contributed by atoms with Crippen LogP contribution in [0, 0.1) is 5.82 Å². The van der Waals surface area contributed by atoms with Crippen molar-refractivity contribution < 1.29 is 19.1 Å². The number of piperazine rings is 1. The number of hydrogen-bond acceptors (Lipinski definition) is 9. The van der Waals surface area contributed by atoms with Crippen molar-refractivity contribution in [3.8, 4) is 11.4 Å². The maximum Gasteiger partial charge on any atom is 0.261 e. The second kappa shape index (κ2) is 12.0. The molecule has 12 heteroatoms. The molecule has 3 aliphatic rings. The topological polar surface area (TPSA) is 141 Å². The Morgan fingerprint density at radius 2 is 1.78 bits per heavy atom. The van der Waals surface area contributed by atoms with Crippen molar-refractivity contribution in [2.75, 3.05) is 53.6 Å². The molecule has 0 bridgehead atoms. The maximum absolute atomic E-state index is 15.3. The standard InChI is InChI=1S/C34H35FN8O3/c1-20(45)41-13-15-42(16-14-41)25-9-7-24(8-10-25)37-34-39-31(38-33(36)40-34)26-3-2-4-29(27(26)19-44)43-12-11-22-17-23(21-5-6-21)18-28(35)30(22)32(43)46/h2-4,7-10,17-18,21,44H,5-6,11-16,19H2,1H3,(H3,36,37,38,39,40). The molecule has 2 fully saturated rings. The Morgan fingerprint density at radius 3 is 2.48 bits per heavy atom. The predicted molar refractivity (Wildman–Crippen MR) is 174 cm³/mol. The Bertz CT molecular complexity index is 1820. The zero-order chi connectivity index (χ0) is 31.9. The van der Waals surface area contributed by atoms with E-state index in [0.717, 1.165) is 48.4 Å². The lowest BCUT2D eigenvalue weighted by Gasteiger charge is -2.35. The van der Waals surface area contributed by atoms with Gasteiger partial charge in [-0.2, -0.15) is 15.0 Å². The van der Waals surface area contributed by atoms with Crippen LogP contribution in [0.5, 0.6) is 0 Å². The predicted octanol–water partition coefficient (Wildman–Crippen LogP) is 4.24. The van der Waals surface area contributed by atoms with Gasteiger partial charge in [0.2, 0.25) is 17.8 Å². The number of fused-ring (bicyclic) bond motifs is 1. The summed E-state index contributed by atoms with van der Waals surface area (Å²) in [4.78, 5) is 44.1. The highest BCUT2D eigenvalue weighted by Crippen LogP contribution is 2.42. The molecule has 1 aromatic heterocycles. The molecule has 0 atom stereocenters. The number of nitrogens with one attached hydrogen (secondary N) is 1. The number of aliphatic hydroxyl groups is 1. The Hall–Kier alpha value is -5.10. The molecule has 0 unspecified atom stereocenters. The minimum Gasteiger partial charge on any atom is -0.392 e. The number of nitrogens with two attached hydrogens (primary N) is 1. The first-order chi connectivity index (χ1) is 22.3. The van der Waals surface area contributed by atoms with Gasteiger partial charge in [-0.05, 0) is 72.7 Å². The van der Waals surface area contributed by atoms with Crippen LogP contribution in [0.4, 0.5) is 33.3 Å². The number of aromatic nitrogens is 3. The monoisotopic (exact) mass is 622 g/mol. The molecule has 3 aromatic carbocycles. The van der Waals surface area contributed by atoms with Crippen LogP contribution in [0.3, 0.4) is 0 Å². The molecule has 11 nitrogen and oxygen atoms in total. The molecule has 46 heavy (non-hydrogen) atoms. The minimum absolute atomic E-state index is 0.0155. The summed E-state index contributed by atoms with van der Waals surface area (Å²) in [5, 5.41) is 13.7. The Kier molecular flexibility index (Phi) is 7.73. The van der Waals surface area contributed by atoms with Gasteiger partial charge in [0.1, 0.15) is 5.82 Å². The van der Waals surface area contributed by atoms with Gasteiger partial charge in [-0.1, -0.05) is 18.2 Å². The number of carbonyl (C=O) groups excluding carboxylic acids is 2. The zero-order valence-corrected chi connectivity index (χ0v) is 25.5. The van der Waals surface area contributed by atoms with E-state index >= 15 is 4.39 Å². The summed E-state index contributed by atoms with van der Waals surface area (Å²) in [6.45, 7) is 4.45. The van der Waals surface area contributed by atoms with Crippen molar-refractivity contribution in [3.63, 3.8) is 0 Å². The molecule has 7 rings (SSSR count). The van der Waals surface area contributed by atoms with Crippen LogP contribution in [0.1, 0.15) is 52.7 Å². The van der Waals surface area contributed by atoms with E-state index in [2.05, 4.69) is 25.2 Å². The SMILES string of the molecule is CC(=O)N1CCN(c2ccc(Nc3nc(N)nc(-c4cccc(N5CCc6cc(C7CC7)cc(F)c6C5=O)c4CO)n3)cc2)CC1. The van der Waals surface area contributed by atoms with Crippen molar-refractivity contribution in [2.24, 2.45) is 0 Å². The molecule has 1 saturated heterocycles. The number of nitrogens with zero attached hydrogens (tertiary/aromatic N) is 6. The van der Waals surface area contributed by atoms with Gasteiger partial charge in [-0.3, -0.25) is 9.59 Å². The van der Waals surface area contributed by atoms with Crippen LogP contribution in [0.25, 0.3) is 11.4 Å². The third-order valence-corrected chi connectivity index (χ3v) is 9.01. The fraction of sp³-hybridized carbons (Fsp3) is 0.324. The molecule has 4 aromatic rings. The Balaban J connectivity index is 1.12. The van der Waals surface area contributed by atoms with Gasteiger partial charge in [0.25, 0.3) is 5.91 Å². The molecule has 2 aliphatic heterocycles. The van der Waals surface area contributed by atoms with Crippen molar-refractivity contribution in [3.05, 3.63) is 82.7 Å². The second-order valence-electron chi connectivity index (χ2n) is 12.0. The number of amides is 2. The number of nitrogen functional groups attached to an aromatic ring is 1. The van der Waals surface area contributed by atoms with E-state index in [0.29, 0.717) is 48.8 Å². The first kappa shape index (κ1) is 29.6. The average Bonchev–Trinajstić information content (AvgIpc) is 3.91. The van der Waals surface area contributed by atoms with Gasteiger partial charge in [0.15, 0.2) is 5.82 Å². The number of aliphatic hydroxyl groups excluding tert-OH is 1. The highest BCUT2D eigenvalue weighted by atomic mass is 19.1. The Labute approximate surface area is 265 Å². The number of benzene rings is 3. The van der Waals surface area contributed by atoms with E-state index in [4.69, 9.17) is 5.73 Å². The third kappa shape index (κ3) is 5.71. The number of halogens is 1. The molecule has 3 heterocycles. The summed E-state index contributed by atoms with van der Waals surface area (Å²) >= 11 is 0.